The average molecular weight is 377 g/mol. The lowest BCUT2D eigenvalue weighted by Gasteiger charge is -2.38. The molecule has 0 bridgehead atoms. The Hall–Kier alpha value is -1.95. The number of hydrogen-bond donors (Lipinski definition) is 2. The van der Waals surface area contributed by atoms with Gasteiger partial charge in [0.1, 0.15) is 5.82 Å². The van der Waals surface area contributed by atoms with Gasteiger partial charge in [-0.3, -0.25) is 4.79 Å². The third-order valence-electron chi connectivity index (χ3n) is 4.66. The molecule has 0 aliphatic carbocycles. The molecule has 1 heterocycles. The third-order valence-corrected chi connectivity index (χ3v) is 4.89. The van der Waals surface area contributed by atoms with Crippen molar-refractivity contribution >= 4 is 17.5 Å². The van der Waals surface area contributed by atoms with Crippen molar-refractivity contribution < 1.29 is 14.3 Å². The molecule has 2 N–H and O–H groups in total. The monoisotopic (exact) mass is 376 g/mol. The summed E-state index contributed by atoms with van der Waals surface area (Å²) in [4.78, 5) is 14.3. The molecule has 0 saturated carbocycles. The molecule has 2 aromatic carbocycles. The highest BCUT2D eigenvalue weighted by molar-refractivity contribution is 6.30. The minimum absolute atomic E-state index is 0.145. The summed E-state index contributed by atoms with van der Waals surface area (Å²) in [5, 5.41) is 14.6. The number of carbonyl (C=O) groups excluding carboxylic acids is 1. The first-order valence-electron chi connectivity index (χ1n) is 8.68. The summed E-state index contributed by atoms with van der Waals surface area (Å²) >= 11 is 5.96. The van der Waals surface area contributed by atoms with Gasteiger partial charge in [0.2, 0.25) is 0 Å². The minimum atomic E-state index is -1.47. The third kappa shape index (κ3) is 4.41. The van der Waals surface area contributed by atoms with E-state index >= 15 is 0 Å². The number of nitrogens with one attached hydrogen (secondary N) is 1. The summed E-state index contributed by atoms with van der Waals surface area (Å²) in [5.74, 6) is -0.695. The van der Waals surface area contributed by atoms with E-state index in [1.165, 1.54) is 11.0 Å². The van der Waals surface area contributed by atoms with Gasteiger partial charge in [-0.15, -0.1) is 0 Å². The van der Waals surface area contributed by atoms with Gasteiger partial charge in [-0.1, -0.05) is 41.9 Å². The Kier molecular flexibility index (Phi) is 5.91. The molecule has 0 aromatic heterocycles. The van der Waals surface area contributed by atoms with Gasteiger partial charge in [0, 0.05) is 36.8 Å². The van der Waals surface area contributed by atoms with Crippen molar-refractivity contribution in [3.8, 4) is 0 Å². The van der Waals surface area contributed by atoms with Crippen LogP contribution in [0.3, 0.4) is 0 Å². The lowest BCUT2D eigenvalue weighted by Crippen LogP contribution is -2.57. The van der Waals surface area contributed by atoms with Gasteiger partial charge in [-0.2, -0.15) is 0 Å². The van der Waals surface area contributed by atoms with Crippen LogP contribution in [0.15, 0.2) is 48.5 Å². The fourth-order valence-corrected chi connectivity index (χ4v) is 3.49. The van der Waals surface area contributed by atoms with E-state index in [1.54, 1.807) is 24.3 Å². The number of benzene rings is 2. The van der Waals surface area contributed by atoms with Crippen molar-refractivity contribution in [2.24, 2.45) is 0 Å². The molecule has 1 amide bonds. The molecule has 138 valence electrons. The summed E-state index contributed by atoms with van der Waals surface area (Å²) < 4.78 is 13.9. The van der Waals surface area contributed by atoms with Gasteiger partial charge in [0.15, 0.2) is 5.60 Å². The van der Waals surface area contributed by atoms with Crippen LogP contribution in [0.25, 0.3) is 0 Å². The minimum Gasteiger partial charge on any atom is -0.379 e. The van der Waals surface area contributed by atoms with Crippen molar-refractivity contribution in [2.75, 3.05) is 13.1 Å². The number of nitrogens with zero attached hydrogens (tertiary/aromatic N) is 1. The second-order valence-corrected chi connectivity index (χ2v) is 7.12. The Labute approximate surface area is 157 Å². The van der Waals surface area contributed by atoms with Crippen LogP contribution in [0.5, 0.6) is 0 Å². The summed E-state index contributed by atoms with van der Waals surface area (Å²) in [6, 6.07) is 13.8. The van der Waals surface area contributed by atoms with Crippen LogP contribution in [0.1, 0.15) is 24.0 Å². The maximum atomic E-state index is 13.9. The molecular weight excluding hydrogens is 355 g/mol. The van der Waals surface area contributed by atoms with E-state index in [-0.39, 0.29) is 24.8 Å². The first-order chi connectivity index (χ1) is 12.5. The van der Waals surface area contributed by atoms with E-state index in [0.717, 1.165) is 5.56 Å². The predicted molar refractivity (Wildman–Crippen MR) is 99.2 cm³/mol. The SMILES string of the molecule is O=C1N(Cc2ccccc2F)CCCC1(O)CNCc1cccc(Cl)c1. The van der Waals surface area contributed by atoms with Crippen molar-refractivity contribution in [3.63, 3.8) is 0 Å². The van der Waals surface area contributed by atoms with Gasteiger partial charge in [-0.05, 0) is 36.6 Å². The lowest BCUT2D eigenvalue weighted by molar-refractivity contribution is -0.157. The van der Waals surface area contributed by atoms with Crippen molar-refractivity contribution in [2.45, 2.75) is 31.5 Å². The van der Waals surface area contributed by atoms with E-state index in [0.29, 0.717) is 36.5 Å². The van der Waals surface area contributed by atoms with Gasteiger partial charge < -0.3 is 15.3 Å². The summed E-state index contributed by atoms with van der Waals surface area (Å²) in [6.07, 6.45) is 1.07. The number of piperidine rings is 1. The number of hydrogen-bond acceptors (Lipinski definition) is 3. The second kappa shape index (κ2) is 8.16. The molecule has 1 unspecified atom stereocenters. The molecular formula is C20H22ClFN2O2. The Bertz CT molecular complexity index is 786. The molecule has 0 radical (unpaired) electrons. The van der Waals surface area contributed by atoms with Crippen LogP contribution in [-0.4, -0.2) is 34.6 Å². The highest BCUT2D eigenvalue weighted by atomic mass is 35.5. The van der Waals surface area contributed by atoms with E-state index < -0.39 is 5.60 Å². The second-order valence-electron chi connectivity index (χ2n) is 6.69. The molecule has 1 fully saturated rings. The largest absolute Gasteiger partial charge is 0.379 e. The van der Waals surface area contributed by atoms with Crippen LogP contribution in [0.2, 0.25) is 5.02 Å². The van der Waals surface area contributed by atoms with Crippen LogP contribution in [0.4, 0.5) is 4.39 Å². The van der Waals surface area contributed by atoms with Gasteiger partial charge in [0.05, 0.1) is 0 Å². The van der Waals surface area contributed by atoms with E-state index in [2.05, 4.69) is 5.32 Å². The molecule has 1 saturated heterocycles. The Balaban J connectivity index is 1.61. The smallest absolute Gasteiger partial charge is 0.256 e. The standard InChI is InChI=1S/C20H22ClFN2O2/c21-17-7-3-5-15(11-17)12-23-14-20(26)9-4-10-24(19(20)25)13-16-6-1-2-8-18(16)22/h1-3,5-8,11,23,26H,4,9-10,12-14H2. The zero-order valence-electron chi connectivity index (χ0n) is 14.4. The predicted octanol–water partition coefficient (Wildman–Crippen LogP) is 3.12. The zero-order chi connectivity index (χ0) is 18.6. The van der Waals surface area contributed by atoms with Crippen LogP contribution >= 0.6 is 11.6 Å². The average Bonchev–Trinajstić information content (AvgIpc) is 2.61. The van der Waals surface area contributed by atoms with Crippen LogP contribution < -0.4 is 5.32 Å². The van der Waals surface area contributed by atoms with Gasteiger partial charge in [-0.25, -0.2) is 4.39 Å². The quantitative estimate of drug-likeness (QED) is 0.814. The Morgan fingerprint density at radius 2 is 2.04 bits per heavy atom. The first-order valence-corrected chi connectivity index (χ1v) is 9.06. The molecule has 2 aromatic rings. The van der Waals surface area contributed by atoms with Crippen LogP contribution in [-0.2, 0) is 17.9 Å². The number of aliphatic hydroxyl groups is 1. The van der Waals surface area contributed by atoms with E-state index in [9.17, 15) is 14.3 Å². The van der Waals surface area contributed by atoms with Gasteiger partial charge in [0.25, 0.3) is 5.91 Å². The zero-order valence-corrected chi connectivity index (χ0v) is 15.2. The molecule has 1 aliphatic rings. The van der Waals surface area contributed by atoms with Crippen molar-refractivity contribution in [1.29, 1.82) is 0 Å². The molecule has 1 aliphatic heterocycles. The number of halogens is 2. The molecule has 3 rings (SSSR count). The fraction of sp³-hybridized carbons (Fsp3) is 0.350. The number of likely N-dealkylation sites (tertiary alicyclic amines) is 1. The van der Waals surface area contributed by atoms with Crippen molar-refractivity contribution in [1.82, 2.24) is 10.2 Å². The fourth-order valence-electron chi connectivity index (χ4n) is 3.27. The molecule has 1 atom stereocenters. The molecule has 0 spiro atoms. The molecule has 6 heteroatoms. The van der Waals surface area contributed by atoms with E-state index in [1.807, 2.05) is 18.2 Å². The Morgan fingerprint density at radius 1 is 1.23 bits per heavy atom. The molecule has 4 nitrogen and oxygen atoms in total. The van der Waals surface area contributed by atoms with E-state index in [4.69, 9.17) is 11.6 Å². The normalized spacial score (nSPS) is 20.4. The maximum absolute atomic E-state index is 13.9. The molecule has 26 heavy (non-hydrogen) atoms. The topological polar surface area (TPSA) is 52.6 Å². The Morgan fingerprint density at radius 3 is 2.81 bits per heavy atom. The maximum Gasteiger partial charge on any atom is 0.256 e. The number of rotatable bonds is 6. The van der Waals surface area contributed by atoms with Gasteiger partial charge >= 0.3 is 0 Å². The summed E-state index contributed by atoms with van der Waals surface area (Å²) in [7, 11) is 0. The van der Waals surface area contributed by atoms with Crippen molar-refractivity contribution in [3.05, 3.63) is 70.5 Å². The highest BCUT2D eigenvalue weighted by Crippen LogP contribution is 2.24. The highest BCUT2D eigenvalue weighted by Gasteiger charge is 2.41. The lowest BCUT2D eigenvalue weighted by atomic mass is 9.91. The number of carbonyl (C=O) groups is 1. The summed E-state index contributed by atoms with van der Waals surface area (Å²) in [5.41, 5.74) is -0.0354. The van der Waals surface area contributed by atoms with Crippen LogP contribution in [0, 0.1) is 5.82 Å². The first kappa shape index (κ1) is 18.8. The summed E-state index contributed by atoms with van der Waals surface area (Å²) in [6.45, 7) is 1.33. The number of amides is 1.